The molecule has 0 amide bonds. The van der Waals surface area contributed by atoms with Crippen LogP contribution in [0.15, 0.2) is 89.8 Å². The molecule has 150 valence electrons. The van der Waals surface area contributed by atoms with Crippen molar-refractivity contribution in [2.24, 2.45) is 5.92 Å². The van der Waals surface area contributed by atoms with Crippen molar-refractivity contribution in [1.29, 1.82) is 0 Å². The summed E-state index contributed by atoms with van der Waals surface area (Å²) in [5.41, 5.74) is 2.97. The van der Waals surface area contributed by atoms with Crippen molar-refractivity contribution in [3.8, 4) is 0 Å². The molecule has 1 saturated carbocycles. The fourth-order valence-corrected chi connectivity index (χ4v) is 6.12. The molecule has 0 aromatic heterocycles. The van der Waals surface area contributed by atoms with Gasteiger partial charge in [-0.2, -0.15) is 0 Å². The van der Waals surface area contributed by atoms with E-state index in [1.165, 1.54) is 0 Å². The molecule has 1 aliphatic carbocycles. The van der Waals surface area contributed by atoms with Crippen molar-refractivity contribution < 1.29 is 8.42 Å². The van der Waals surface area contributed by atoms with Crippen molar-refractivity contribution in [3.63, 3.8) is 0 Å². The summed E-state index contributed by atoms with van der Waals surface area (Å²) < 4.78 is 29.7. The molecule has 4 rings (SSSR count). The second-order valence-corrected chi connectivity index (χ2v) is 9.85. The van der Waals surface area contributed by atoms with Gasteiger partial charge in [0.05, 0.1) is 4.90 Å². The summed E-state index contributed by atoms with van der Waals surface area (Å²) >= 11 is 0. The summed E-state index contributed by atoms with van der Waals surface area (Å²) in [4.78, 5) is 0.317. The summed E-state index contributed by atoms with van der Waals surface area (Å²) in [6.45, 7) is 4.11. The molecule has 1 fully saturated rings. The molecular weight excluding hydrogens is 378 g/mol. The lowest BCUT2D eigenvalue weighted by Crippen LogP contribution is -2.50. The first-order valence-electron chi connectivity index (χ1n) is 10.1. The summed E-state index contributed by atoms with van der Waals surface area (Å²) in [6, 6.07) is 27.5. The Morgan fingerprint density at radius 2 is 1.34 bits per heavy atom. The molecule has 2 atom stereocenters. The van der Waals surface area contributed by atoms with Gasteiger partial charge in [0.15, 0.2) is 0 Å². The number of benzene rings is 3. The van der Waals surface area contributed by atoms with Crippen LogP contribution in [0.1, 0.15) is 36.5 Å². The molecule has 0 spiro atoms. The Bertz CT molecular complexity index is 1020. The smallest absolute Gasteiger partial charge is 0.207 e. The van der Waals surface area contributed by atoms with Crippen molar-refractivity contribution in [2.45, 2.75) is 43.0 Å². The fourth-order valence-electron chi connectivity index (χ4n) is 4.72. The Balaban J connectivity index is 1.82. The van der Waals surface area contributed by atoms with Crippen molar-refractivity contribution in [3.05, 3.63) is 102 Å². The monoisotopic (exact) mass is 405 g/mol. The van der Waals surface area contributed by atoms with Gasteiger partial charge in [0.2, 0.25) is 10.0 Å². The van der Waals surface area contributed by atoms with E-state index in [2.05, 4.69) is 35.9 Å². The van der Waals surface area contributed by atoms with Crippen LogP contribution in [0.2, 0.25) is 0 Å². The number of aryl methyl sites for hydroxylation is 1. The standard InChI is InChI=1S/C25H27NO2S/c1-19-13-15-23(16-14-19)29(27,28)26-24-20(2)17-18-25(24,21-9-5-3-6-10-21)22-11-7-4-8-12-22/h3-16,20,24,26H,17-18H2,1-2H3/t20-,24-/m1/s1. The van der Waals surface area contributed by atoms with E-state index in [1.807, 2.05) is 55.5 Å². The highest BCUT2D eigenvalue weighted by atomic mass is 32.2. The second kappa shape index (κ2) is 7.77. The summed E-state index contributed by atoms with van der Waals surface area (Å²) in [5, 5.41) is 0. The van der Waals surface area contributed by atoms with Gasteiger partial charge in [-0.15, -0.1) is 0 Å². The van der Waals surface area contributed by atoms with E-state index in [-0.39, 0.29) is 17.4 Å². The average Bonchev–Trinajstić information content (AvgIpc) is 3.06. The van der Waals surface area contributed by atoms with E-state index in [0.717, 1.165) is 29.5 Å². The minimum absolute atomic E-state index is 0.218. The van der Waals surface area contributed by atoms with E-state index >= 15 is 0 Å². The zero-order chi connectivity index (χ0) is 20.5. The molecule has 0 aliphatic heterocycles. The number of nitrogens with one attached hydrogen (secondary N) is 1. The third kappa shape index (κ3) is 3.63. The highest BCUT2D eigenvalue weighted by Gasteiger charge is 2.50. The molecule has 3 aromatic carbocycles. The summed E-state index contributed by atoms with van der Waals surface area (Å²) in [5.74, 6) is 0.218. The Labute approximate surface area is 173 Å². The molecular formula is C25H27NO2S. The van der Waals surface area contributed by atoms with E-state index in [0.29, 0.717) is 4.90 Å². The largest absolute Gasteiger partial charge is 0.240 e. The van der Waals surface area contributed by atoms with Crippen molar-refractivity contribution in [1.82, 2.24) is 4.72 Å². The number of rotatable bonds is 5. The predicted molar refractivity (Wildman–Crippen MR) is 117 cm³/mol. The van der Waals surface area contributed by atoms with E-state index < -0.39 is 10.0 Å². The van der Waals surface area contributed by atoms with Gasteiger partial charge in [-0.25, -0.2) is 13.1 Å². The maximum Gasteiger partial charge on any atom is 0.240 e. The molecule has 3 aromatic rings. The van der Waals surface area contributed by atoms with Crippen LogP contribution in [0.5, 0.6) is 0 Å². The van der Waals surface area contributed by atoms with Crippen LogP contribution in [-0.4, -0.2) is 14.5 Å². The van der Waals surface area contributed by atoms with E-state index in [4.69, 9.17) is 0 Å². The Morgan fingerprint density at radius 3 is 1.86 bits per heavy atom. The quantitative estimate of drug-likeness (QED) is 0.645. The molecule has 4 heteroatoms. The highest BCUT2D eigenvalue weighted by molar-refractivity contribution is 7.89. The normalized spacial score (nSPS) is 21.2. The lowest BCUT2D eigenvalue weighted by atomic mass is 9.70. The maximum absolute atomic E-state index is 13.3. The number of hydrogen-bond acceptors (Lipinski definition) is 2. The van der Waals surface area contributed by atoms with Crippen LogP contribution in [0.4, 0.5) is 0 Å². The van der Waals surface area contributed by atoms with Crippen molar-refractivity contribution >= 4 is 10.0 Å². The van der Waals surface area contributed by atoms with Crippen LogP contribution in [0.3, 0.4) is 0 Å². The third-order valence-corrected chi connectivity index (χ3v) is 7.74. The molecule has 3 nitrogen and oxygen atoms in total. The van der Waals surface area contributed by atoms with Crippen molar-refractivity contribution in [2.75, 3.05) is 0 Å². The van der Waals surface area contributed by atoms with Gasteiger partial charge in [-0.3, -0.25) is 0 Å². The first-order valence-corrected chi connectivity index (χ1v) is 11.6. The third-order valence-electron chi connectivity index (χ3n) is 6.29. The minimum atomic E-state index is -3.63. The van der Waals surface area contributed by atoms with Crippen LogP contribution in [0, 0.1) is 12.8 Å². The van der Waals surface area contributed by atoms with Gasteiger partial charge in [-0.05, 0) is 48.9 Å². The average molecular weight is 406 g/mol. The number of sulfonamides is 1. The van der Waals surface area contributed by atoms with Crippen LogP contribution in [0.25, 0.3) is 0 Å². The van der Waals surface area contributed by atoms with Gasteiger partial charge in [-0.1, -0.05) is 85.3 Å². The molecule has 0 saturated heterocycles. The predicted octanol–water partition coefficient (Wildman–Crippen LogP) is 5.06. The molecule has 1 N–H and O–H groups in total. The summed E-state index contributed by atoms with van der Waals surface area (Å²) in [7, 11) is -3.63. The van der Waals surface area contributed by atoms with Gasteiger partial charge in [0, 0.05) is 11.5 Å². The molecule has 1 aliphatic rings. The zero-order valence-electron chi connectivity index (χ0n) is 16.9. The molecule has 0 heterocycles. The molecule has 0 unspecified atom stereocenters. The van der Waals surface area contributed by atoms with Gasteiger partial charge in [0.25, 0.3) is 0 Å². The van der Waals surface area contributed by atoms with Crippen LogP contribution < -0.4 is 4.72 Å². The van der Waals surface area contributed by atoms with Gasteiger partial charge >= 0.3 is 0 Å². The first kappa shape index (κ1) is 19.9. The molecule has 29 heavy (non-hydrogen) atoms. The second-order valence-electron chi connectivity index (χ2n) is 8.13. The Hall–Kier alpha value is -2.43. The number of hydrogen-bond donors (Lipinski definition) is 1. The SMILES string of the molecule is Cc1ccc(S(=O)(=O)N[C@@H]2[C@H](C)CCC2(c2ccccc2)c2ccccc2)cc1. The first-order chi connectivity index (χ1) is 13.9. The van der Waals surface area contributed by atoms with Gasteiger partial charge in [0.1, 0.15) is 0 Å². The van der Waals surface area contributed by atoms with Crippen LogP contribution in [-0.2, 0) is 15.4 Å². The summed E-state index contributed by atoms with van der Waals surface area (Å²) in [6.07, 6.45) is 1.87. The minimum Gasteiger partial charge on any atom is -0.207 e. The zero-order valence-corrected chi connectivity index (χ0v) is 17.7. The van der Waals surface area contributed by atoms with E-state index in [9.17, 15) is 8.42 Å². The van der Waals surface area contributed by atoms with Crippen LogP contribution >= 0.6 is 0 Å². The fraction of sp³-hybridized carbons (Fsp3) is 0.280. The Kier molecular flexibility index (Phi) is 5.32. The Morgan fingerprint density at radius 1 is 0.828 bits per heavy atom. The lowest BCUT2D eigenvalue weighted by molar-refractivity contribution is 0.383. The van der Waals surface area contributed by atoms with Gasteiger partial charge < -0.3 is 0 Å². The molecule has 0 bridgehead atoms. The lowest BCUT2D eigenvalue weighted by Gasteiger charge is -2.38. The van der Waals surface area contributed by atoms with E-state index in [1.54, 1.807) is 12.1 Å². The highest BCUT2D eigenvalue weighted by Crippen LogP contribution is 2.49. The maximum atomic E-state index is 13.3. The topological polar surface area (TPSA) is 46.2 Å². The molecule has 0 radical (unpaired) electrons.